The molecule has 0 radical (unpaired) electrons. The average Bonchev–Trinajstić information content (AvgIpc) is 2.88. The van der Waals surface area contributed by atoms with Crippen LogP contribution in [0.3, 0.4) is 0 Å². The molecule has 3 N–H and O–H groups in total. The van der Waals surface area contributed by atoms with Crippen LogP contribution in [0.4, 0.5) is 13.9 Å². The van der Waals surface area contributed by atoms with Crippen molar-refractivity contribution in [2.45, 2.75) is 18.9 Å². The summed E-state index contributed by atoms with van der Waals surface area (Å²) in [5, 5.41) is 8.73. The van der Waals surface area contributed by atoms with Gasteiger partial charge in [0, 0.05) is 4.47 Å². The van der Waals surface area contributed by atoms with Crippen LogP contribution in [0.15, 0.2) is 28.7 Å². The van der Waals surface area contributed by atoms with Crippen LogP contribution in [0.2, 0.25) is 0 Å². The minimum Gasteiger partial charge on any atom is -0.314 e. The Balaban J connectivity index is 0.00000242. The van der Waals surface area contributed by atoms with Crippen LogP contribution in [-0.2, 0) is 10.3 Å². The molecule has 1 atom stereocenters. The van der Waals surface area contributed by atoms with Gasteiger partial charge in [0.05, 0.1) is 0 Å². The van der Waals surface area contributed by atoms with Crippen molar-refractivity contribution in [2.24, 2.45) is 5.73 Å². The first-order chi connectivity index (χ1) is 9.80. The lowest BCUT2D eigenvalue weighted by Crippen LogP contribution is -2.45. The molecule has 1 unspecified atom stereocenters. The van der Waals surface area contributed by atoms with Crippen molar-refractivity contribution in [1.82, 2.24) is 10.2 Å². The first kappa shape index (κ1) is 18.9. The predicted molar refractivity (Wildman–Crippen MR) is 86.4 cm³/mol. The molecule has 2 rings (SSSR count). The molecule has 2 aromatic rings. The first-order valence-electron chi connectivity index (χ1n) is 5.78. The maximum atomic E-state index is 12.4. The Labute approximate surface area is 143 Å². The number of halogens is 4. The van der Waals surface area contributed by atoms with Crippen molar-refractivity contribution in [2.75, 3.05) is 5.32 Å². The van der Waals surface area contributed by atoms with E-state index in [1.165, 1.54) is 6.92 Å². The molecule has 0 saturated carbocycles. The summed E-state index contributed by atoms with van der Waals surface area (Å²) in [6, 6.07) is 6.92. The molecule has 1 aromatic heterocycles. The summed E-state index contributed by atoms with van der Waals surface area (Å²) in [6.45, 7) is 1.53. The van der Waals surface area contributed by atoms with E-state index >= 15 is 0 Å². The number of carbonyl (C=O) groups excluding carboxylic acids is 1. The number of rotatable bonds is 4. The fourth-order valence-electron chi connectivity index (χ4n) is 1.53. The fraction of sp³-hybridized carbons (Fsp3) is 0.250. The highest BCUT2D eigenvalue weighted by molar-refractivity contribution is 9.10. The Kier molecular flexibility index (Phi) is 6.36. The molecule has 120 valence electrons. The van der Waals surface area contributed by atoms with Gasteiger partial charge in [-0.05, 0) is 24.6 Å². The molecule has 0 fully saturated rings. The number of nitrogens with one attached hydrogen (secondary N) is 1. The van der Waals surface area contributed by atoms with Crippen LogP contribution in [0, 0.1) is 0 Å². The van der Waals surface area contributed by atoms with Crippen molar-refractivity contribution in [3.8, 4) is 0 Å². The number of benzene rings is 1. The number of alkyl halides is 2. The topological polar surface area (TPSA) is 80.9 Å². The van der Waals surface area contributed by atoms with E-state index in [2.05, 4.69) is 31.4 Å². The fourth-order valence-corrected chi connectivity index (χ4v) is 2.39. The van der Waals surface area contributed by atoms with Gasteiger partial charge < -0.3 is 5.73 Å². The van der Waals surface area contributed by atoms with E-state index in [0.29, 0.717) is 16.9 Å². The van der Waals surface area contributed by atoms with E-state index in [-0.39, 0.29) is 17.5 Å². The van der Waals surface area contributed by atoms with Crippen molar-refractivity contribution in [1.29, 1.82) is 0 Å². The van der Waals surface area contributed by atoms with Crippen molar-refractivity contribution >= 4 is 50.7 Å². The minimum absolute atomic E-state index is 0. The first-order valence-corrected chi connectivity index (χ1v) is 7.39. The van der Waals surface area contributed by atoms with Crippen LogP contribution in [0.1, 0.15) is 23.9 Å². The summed E-state index contributed by atoms with van der Waals surface area (Å²) in [5.74, 6) is -0.554. The molecule has 0 saturated heterocycles. The molecule has 0 spiro atoms. The average molecular weight is 414 g/mol. The highest BCUT2D eigenvalue weighted by Gasteiger charge is 2.31. The Morgan fingerprint density at radius 3 is 2.45 bits per heavy atom. The summed E-state index contributed by atoms with van der Waals surface area (Å²) in [4.78, 5) is 12.2. The Morgan fingerprint density at radius 1 is 1.36 bits per heavy atom. The summed E-state index contributed by atoms with van der Waals surface area (Å²) in [5.41, 5.74) is 5.29. The largest absolute Gasteiger partial charge is 0.314 e. The maximum absolute atomic E-state index is 12.4. The molecule has 5 nitrogen and oxygen atoms in total. The van der Waals surface area contributed by atoms with E-state index in [9.17, 15) is 13.6 Å². The van der Waals surface area contributed by atoms with Gasteiger partial charge in [-0.15, -0.1) is 22.6 Å². The van der Waals surface area contributed by atoms with Gasteiger partial charge in [-0.3, -0.25) is 10.1 Å². The van der Waals surface area contributed by atoms with E-state index in [1.807, 2.05) is 0 Å². The smallest absolute Gasteiger partial charge is 0.291 e. The van der Waals surface area contributed by atoms with Gasteiger partial charge >= 0.3 is 0 Å². The molecule has 22 heavy (non-hydrogen) atoms. The van der Waals surface area contributed by atoms with Gasteiger partial charge in [-0.25, -0.2) is 8.78 Å². The second kappa shape index (κ2) is 7.40. The number of nitrogens with zero attached hydrogens (tertiary/aromatic N) is 2. The third kappa shape index (κ3) is 4.19. The third-order valence-electron chi connectivity index (χ3n) is 2.76. The Bertz CT molecular complexity index is 651. The molecule has 1 heterocycles. The van der Waals surface area contributed by atoms with E-state index in [1.54, 1.807) is 24.3 Å². The lowest BCUT2D eigenvalue weighted by atomic mass is 9.92. The normalized spacial score (nSPS) is 13.4. The Morgan fingerprint density at radius 2 is 1.95 bits per heavy atom. The summed E-state index contributed by atoms with van der Waals surface area (Å²) >= 11 is 3.91. The second-order valence-corrected chi connectivity index (χ2v) is 6.33. The zero-order valence-corrected chi connectivity index (χ0v) is 14.4. The highest BCUT2D eigenvalue weighted by Crippen LogP contribution is 2.27. The summed E-state index contributed by atoms with van der Waals surface area (Å²) < 4.78 is 25.7. The molecule has 1 aromatic carbocycles. The second-order valence-electron chi connectivity index (χ2n) is 4.41. The molecule has 10 heteroatoms. The molecular formula is C12H12BrClF2N4OS. The monoisotopic (exact) mass is 412 g/mol. The molecule has 0 aliphatic carbocycles. The zero-order chi connectivity index (χ0) is 15.6. The number of hydrogen-bond donors (Lipinski definition) is 2. The van der Waals surface area contributed by atoms with Crippen molar-refractivity contribution < 1.29 is 13.6 Å². The standard InChI is InChI=1S/C12H11BrF2N4OS.ClH/c1-12(16,6-2-4-7(13)5-3-6)10(20)17-11-19-18-9(21-11)8(14)15;/h2-5,8H,16H2,1H3,(H,17,19,20);1H. The summed E-state index contributed by atoms with van der Waals surface area (Å²) in [6.07, 6.45) is -2.72. The lowest BCUT2D eigenvalue weighted by Gasteiger charge is -2.23. The number of anilines is 1. The SMILES string of the molecule is CC(N)(C(=O)Nc1nnc(C(F)F)s1)c1ccc(Br)cc1.Cl. The highest BCUT2D eigenvalue weighted by atomic mass is 79.9. The van der Waals surface area contributed by atoms with E-state index < -0.39 is 22.9 Å². The number of hydrogen-bond acceptors (Lipinski definition) is 5. The number of amides is 1. The van der Waals surface area contributed by atoms with Crippen LogP contribution in [0.5, 0.6) is 0 Å². The molecule has 0 bridgehead atoms. The minimum atomic E-state index is -2.72. The summed E-state index contributed by atoms with van der Waals surface area (Å²) in [7, 11) is 0. The molecule has 0 aliphatic heterocycles. The third-order valence-corrected chi connectivity index (χ3v) is 4.14. The zero-order valence-electron chi connectivity index (χ0n) is 11.2. The van der Waals surface area contributed by atoms with Crippen molar-refractivity contribution in [3.05, 3.63) is 39.3 Å². The van der Waals surface area contributed by atoms with Gasteiger partial charge in [0.25, 0.3) is 12.3 Å². The molecular weight excluding hydrogens is 402 g/mol. The maximum Gasteiger partial charge on any atom is 0.291 e. The quantitative estimate of drug-likeness (QED) is 0.804. The van der Waals surface area contributed by atoms with Gasteiger partial charge in [-0.2, -0.15) is 0 Å². The van der Waals surface area contributed by atoms with E-state index in [4.69, 9.17) is 5.73 Å². The van der Waals surface area contributed by atoms with Gasteiger partial charge in [-0.1, -0.05) is 39.4 Å². The van der Waals surface area contributed by atoms with Gasteiger partial charge in [0.1, 0.15) is 5.54 Å². The molecule has 0 aliphatic rings. The lowest BCUT2D eigenvalue weighted by molar-refractivity contribution is -0.120. The van der Waals surface area contributed by atoms with Crippen LogP contribution >= 0.6 is 39.7 Å². The number of nitrogens with two attached hydrogens (primary N) is 1. The van der Waals surface area contributed by atoms with Crippen LogP contribution in [-0.4, -0.2) is 16.1 Å². The van der Waals surface area contributed by atoms with Gasteiger partial charge in [0.15, 0.2) is 5.01 Å². The number of carbonyl (C=O) groups is 1. The van der Waals surface area contributed by atoms with Crippen LogP contribution in [0.25, 0.3) is 0 Å². The van der Waals surface area contributed by atoms with Gasteiger partial charge in [0.2, 0.25) is 5.13 Å². The Hall–Kier alpha value is -1.16. The van der Waals surface area contributed by atoms with Crippen LogP contribution < -0.4 is 11.1 Å². The number of aromatic nitrogens is 2. The van der Waals surface area contributed by atoms with Crippen molar-refractivity contribution in [3.63, 3.8) is 0 Å². The molecule has 1 amide bonds. The predicted octanol–water partition coefficient (Wildman–Crippen LogP) is 3.47. The van der Waals surface area contributed by atoms with E-state index in [0.717, 1.165) is 4.47 Å².